The van der Waals surface area contributed by atoms with Crippen LogP contribution in [-0.2, 0) is 0 Å². The third-order valence-corrected chi connectivity index (χ3v) is 2.78. The highest BCUT2D eigenvalue weighted by Crippen LogP contribution is 2.32. The minimum atomic E-state index is -2.49. The fourth-order valence-corrected chi connectivity index (χ4v) is 1.81. The molecule has 0 fully saturated rings. The van der Waals surface area contributed by atoms with Crippen molar-refractivity contribution >= 4 is 23.2 Å². The van der Waals surface area contributed by atoms with Crippen LogP contribution in [-0.4, -0.2) is 0 Å². The maximum atomic E-state index is 12.4. The molecular weight excluding hydrogens is 281 g/mol. The quantitative estimate of drug-likeness (QED) is 0.701. The number of hydrogen-bond acceptors (Lipinski definition) is 1. The van der Waals surface area contributed by atoms with Crippen molar-refractivity contribution in [3.05, 3.63) is 58.1 Å². The summed E-state index contributed by atoms with van der Waals surface area (Å²) in [4.78, 5) is 0. The van der Waals surface area contributed by atoms with Crippen molar-refractivity contribution in [2.45, 2.75) is 6.43 Å². The van der Waals surface area contributed by atoms with Gasteiger partial charge in [-0.25, -0.2) is 8.78 Å². The first-order chi connectivity index (χ1) is 8.56. The molecule has 0 aliphatic rings. The van der Waals surface area contributed by atoms with Crippen LogP contribution in [0.2, 0.25) is 10.0 Å². The lowest BCUT2D eigenvalue weighted by Crippen LogP contribution is -1.87. The summed E-state index contributed by atoms with van der Waals surface area (Å²) in [6.07, 6.45) is -2.49. The van der Waals surface area contributed by atoms with Crippen LogP contribution in [0.4, 0.5) is 8.78 Å². The maximum Gasteiger partial charge on any atom is 0.263 e. The van der Waals surface area contributed by atoms with Crippen LogP contribution in [0.15, 0.2) is 42.5 Å². The van der Waals surface area contributed by atoms with Crippen molar-refractivity contribution in [2.75, 3.05) is 0 Å². The van der Waals surface area contributed by atoms with Crippen LogP contribution in [0.5, 0.6) is 11.5 Å². The average molecular weight is 289 g/mol. The fraction of sp³-hybridized carbons (Fsp3) is 0.0769. The van der Waals surface area contributed by atoms with Gasteiger partial charge in [0.15, 0.2) is 0 Å². The second-order valence-corrected chi connectivity index (χ2v) is 4.39. The lowest BCUT2D eigenvalue weighted by molar-refractivity contribution is 0.151. The Balaban J connectivity index is 2.18. The molecule has 0 atom stereocenters. The van der Waals surface area contributed by atoms with E-state index in [1.54, 1.807) is 18.2 Å². The smallest absolute Gasteiger partial charge is 0.263 e. The number of halogens is 4. The Hall–Kier alpha value is -1.32. The van der Waals surface area contributed by atoms with Gasteiger partial charge in [-0.15, -0.1) is 0 Å². The summed E-state index contributed by atoms with van der Waals surface area (Å²) in [5, 5.41) is 0.862. The minimum Gasteiger partial charge on any atom is -0.456 e. The van der Waals surface area contributed by atoms with E-state index in [0.717, 1.165) is 0 Å². The Bertz CT molecular complexity index is 541. The van der Waals surface area contributed by atoms with Gasteiger partial charge in [-0.2, -0.15) is 0 Å². The molecule has 2 aromatic rings. The van der Waals surface area contributed by atoms with Gasteiger partial charge in [0.25, 0.3) is 6.43 Å². The van der Waals surface area contributed by atoms with Crippen LogP contribution in [0.1, 0.15) is 12.0 Å². The van der Waals surface area contributed by atoms with E-state index in [1.165, 1.54) is 24.3 Å². The summed E-state index contributed by atoms with van der Waals surface area (Å²) in [6, 6.07) is 10.3. The van der Waals surface area contributed by atoms with Crippen LogP contribution in [0.3, 0.4) is 0 Å². The Labute approximate surface area is 113 Å². The van der Waals surface area contributed by atoms with Gasteiger partial charge in [-0.1, -0.05) is 23.2 Å². The highest BCUT2D eigenvalue weighted by Gasteiger charge is 2.08. The molecule has 0 aliphatic heterocycles. The van der Waals surface area contributed by atoms with Crippen molar-refractivity contribution in [3.63, 3.8) is 0 Å². The van der Waals surface area contributed by atoms with Crippen LogP contribution in [0, 0.1) is 0 Å². The number of hydrogen-bond donors (Lipinski definition) is 0. The molecule has 1 nitrogen and oxygen atoms in total. The summed E-state index contributed by atoms with van der Waals surface area (Å²) in [5.41, 5.74) is -0.0513. The van der Waals surface area contributed by atoms with Gasteiger partial charge in [0.05, 0.1) is 5.02 Å². The van der Waals surface area contributed by atoms with E-state index in [-0.39, 0.29) is 5.56 Å². The molecule has 94 valence electrons. The predicted molar refractivity (Wildman–Crippen MR) is 67.9 cm³/mol. The predicted octanol–water partition coefficient (Wildman–Crippen LogP) is 5.72. The van der Waals surface area contributed by atoms with Crippen molar-refractivity contribution in [1.82, 2.24) is 0 Å². The standard InChI is InChI=1S/C13H8Cl2F2O/c14-9-3-6-12(11(15)7-9)18-10-4-1-8(2-5-10)13(16)17/h1-7,13H. The van der Waals surface area contributed by atoms with E-state index in [1.807, 2.05) is 0 Å². The number of alkyl halides is 2. The fourth-order valence-electron chi connectivity index (χ4n) is 1.37. The lowest BCUT2D eigenvalue weighted by Gasteiger charge is -2.08. The highest BCUT2D eigenvalue weighted by atomic mass is 35.5. The number of ether oxygens (including phenoxy) is 1. The molecular formula is C13H8Cl2F2O. The molecule has 5 heteroatoms. The van der Waals surface area contributed by atoms with Crippen LogP contribution in [0.25, 0.3) is 0 Å². The topological polar surface area (TPSA) is 9.23 Å². The van der Waals surface area contributed by atoms with Gasteiger partial charge < -0.3 is 4.74 Å². The molecule has 0 saturated carbocycles. The third-order valence-electron chi connectivity index (χ3n) is 2.25. The zero-order valence-corrected chi connectivity index (χ0v) is 10.6. The Morgan fingerprint density at radius 2 is 1.61 bits per heavy atom. The normalized spacial score (nSPS) is 10.7. The van der Waals surface area contributed by atoms with E-state index in [2.05, 4.69) is 0 Å². The summed E-state index contributed by atoms with van der Waals surface area (Å²) >= 11 is 11.7. The second kappa shape index (κ2) is 5.55. The molecule has 0 unspecified atom stereocenters. The Morgan fingerprint density at radius 3 is 2.17 bits per heavy atom. The van der Waals surface area contributed by atoms with E-state index in [0.29, 0.717) is 21.5 Å². The zero-order chi connectivity index (χ0) is 13.1. The van der Waals surface area contributed by atoms with Gasteiger partial charge in [-0.05, 0) is 42.5 Å². The SMILES string of the molecule is FC(F)c1ccc(Oc2ccc(Cl)cc2Cl)cc1. The number of benzene rings is 2. The van der Waals surface area contributed by atoms with Crippen molar-refractivity contribution < 1.29 is 13.5 Å². The molecule has 18 heavy (non-hydrogen) atoms. The molecule has 0 saturated heterocycles. The highest BCUT2D eigenvalue weighted by molar-refractivity contribution is 6.35. The largest absolute Gasteiger partial charge is 0.456 e. The molecule has 0 bridgehead atoms. The van der Waals surface area contributed by atoms with E-state index in [4.69, 9.17) is 27.9 Å². The van der Waals surface area contributed by atoms with E-state index < -0.39 is 6.43 Å². The average Bonchev–Trinajstić information content (AvgIpc) is 2.33. The lowest BCUT2D eigenvalue weighted by atomic mass is 10.2. The molecule has 0 aromatic heterocycles. The van der Waals surface area contributed by atoms with E-state index >= 15 is 0 Å². The molecule has 0 radical (unpaired) electrons. The van der Waals surface area contributed by atoms with Gasteiger partial charge >= 0.3 is 0 Å². The molecule has 2 aromatic carbocycles. The van der Waals surface area contributed by atoms with Crippen LogP contribution >= 0.6 is 23.2 Å². The van der Waals surface area contributed by atoms with Crippen molar-refractivity contribution in [3.8, 4) is 11.5 Å². The summed E-state index contributed by atoms with van der Waals surface area (Å²) < 4.78 is 30.2. The molecule has 0 amide bonds. The molecule has 2 rings (SSSR count). The number of rotatable bonds is 3. The zero-order valence-electron chi connectivity index (χ0n) is 9.04. The minimum absolute atomic E-state index is 0.0513. The summed E-state index contributed by atoms with van der Waals surface area (Å²) in [7, 11) is 0. The second-order valence-electron chi connectivity index (χ2n) is 3.55. The Kier molecular flexibility index (Phi) is 4.04. The summed E-state index contributed by atoms with van der Waals surface area (Å²) in [6.45, 7) is 0. The molecule has 0 aliphatic carbocycles. The van der Waals surface area contributed by atoms with Gasteiger partial charge in [0, 0.05) is 10.6 Å². The van der Waals surface area contributed by atoms with Crippen molar-refractivity contribution in [1.29, 1.82) is 0 Å². The van der Waals surface area contributed by atoms with Crippen molar-refractivity contribution in [2.24, 2.45) is 0 Å². The first-order valence-electron chi connectivity index (χ1n) is 5.07. The van der Waals surface area contributed by atoms with Crippen LogP contribution < -0.4 is 4.74 Å². The van der Waals surface area contributed by atoms with Gasteiger partial charge in [0.2, 0.25) is 0 Å². The first-order valence-corrected chi connectivity index (χ1v) is 5.83. The van der Waals surface area contributed by atoms with E-state index in [9.17, 15) is 8.78 Å². The molecule has 0 heterocycles. The van der Waals surface area contributed by atoms with Gasteiger partial charge in [-0.3, -0.25) is 0 Å². The molecule has 0 spiro atoms. The molecule has 0 N–H and O–H groups in total. The van der Waals surface area contributed by atoms with Gasteiger partial charge in [0.1, 0.15) is 11.5 Å². The maximum absolute atomic E-state index is 12.4. The monoisotopic (exact) mass is 288 g/mol. The Morgan fingerprint density at radius 1 is 0.944 bits per heavy atom. The summed E-state index contributed by atoms with van der Waals surface area (Å²) in [5.74, 6) is 0.856. The first kappa shape index (κ1) is 13.1. The third kappa shape index (κ3) is 3.12.